The number of benzene rings is 1. The first-order chi connectivity index (χ1) is 13.2. The molecule has 0 saturated carbocycles. The summed E-state index contributed by atoms with van der Waals surface area (Å²) >= 11 is 2.77. The summed E-state index contributed by atoms with van der Waals surface area (Å²) in [6.45, 7) is 1.56. The molecule has 1 aromatic carbocycles. The maximum absolute atomic E-state index is 12.3. The van der Waals surface area contributed by atoms with Gasteiger partial charge in [-0.15, -0.1) is 10.2 Å². The van der Waals surface area contributed by atoms with E-state index in [1.54, 1.807) is 32.4 Å². The predicted molar refractivity (Wildman–Crippen MR) is 106 cm³/mol. The molecule has 1 amide bonds. The van der Waals surface area contributed by atoms with Crippen molar-refractivity contribution in [1.29, 1.82) is 0 Å². The van der Waals surface area contributed by atoms with E-state index < -0.39 is 0 Å². The summed E-state index contributed by atoms with van der Waals surface area (Å²) in [5.41, 5.74) is 0.568. The zero-order valence-corrected chi connectivity index (χ0v) is 16.8. The molecule has 1 atom stereocenters. The zero-order chi connectivity index (χ0) is 19.1. The van der Waals surface area contributed by atoms with E-state index in [0.717, 1.165) is 35.5 Å². The van der Waals surface area contributed by atoms with E-state index in [0.29, 0.717) is 17.2 Å². The number of nitrogens with zero attached hydrogens (tertiary/aromatic N) is 2. The normalized spacial score (nSPS) is 16.1. The van der Waals surface area contributed by atoms with Gasteiger partial charge in [0.2, 0.25) is 11.0 Å². The number of carbonyl (C=O) groups excluding carboxylic acids is 1. The number of rotatable bonds is 9. The first-order valence-corrected chi connectivity index (χ1v) is 10.3. The summed E-state index contributed by atoms with van der Waals surface area (Å²) in [5, 5.41) is 15.0. The molecule has 0 aliphatic carbocycles. The summed E-state index contributed by atoms with van der Waals surface area (Å²) in [6, 6.07) is 5.24. The molecule has 2 aromatic rings. The van der Waals surface area contributed by atoms with Crippen molar-refractivity contribution in [3.63, 3.8) is 0 Å². The fourth-order valence-electron chi connectivity index (χ4n) is 2.57. The number of methoxy groups -OCH3 is 2. The van der Waals surface area contributed by atoms with Crippen molar-refractivity contribution in [2.24, 2.45) is 0 Å². The quantitative estimate of drug-likeness (QED) is 0.610. The fourth-order valence-corrected chi connectivity index (χ4v) is 4.13. The largest absolute Gasteiger partial charge is 0.497 e. The molecule has 2 N–H and O–H groups in total. The molecule has 3 rings (SSSR count). The van der Waals surface area contributed by atoms with Crippen molar-refractivity contribution < 1.29 is 19.0 Å². The molecule has 0 bridgehead atoms. The number of ether oxygens (including phenoxy) is 3. The van der Waals surface area contributed by atoms with Gasteiger partial charge in [0.1, 0.15) is 11.5 Å². The van der Waals surface area contributed by atoms with E-state index in [1.165, 1.54) is 23.1 Å². The minimum atomic E-state index is -0.157. The summed E-state index contributed by atoms with van der Waals surface area (Å²) in [5.74, 6) is 1.28. The van der Waals surface area contributed by atoms with E-state index in [-0.39, 0.29) is 17.8 Å². The summed E-state index contributed by atoms with van der Waals surface area (Å²) in [6.07, 6.45) is 2.42. The first kappa shape index (κ1) is 19.7. The van der Waals surface area contributed by atoms with E-state index >= 15 is 0 Å². The van der Waals surface area contributed by atoms with Crippen molar-refractivity contribution in [2.45, 2.75) is 23.3 Å². The third-order valence-electron chi connectivity index (χ3n) is 3.92. The molecule has 1 saturated heterocycles. The number of aromatic nitrogens is 2. The highest BCUT2D eigenvalue weighted by molar-refractivity contribution is 8.01. The number of hydrogen-bond acceptors (Lipinski definition) is 9. The molecule has 0 radical (unpaired) electrons. The van der Waals surface area contributed by atoms with Crippen molar-refractivity contribution in [1.82, 2.24) is 10.2 Å². The van der Waals surface area contributed by atoms with Gasteiger partial charge in [0.25, 0.3) is 0 Å². The Morgan fingerprint density at radius 1 is 1.37 bits per heavy atom. The minimum Gasteiger partial charge on any atom is -0.497 e. The number of anilines is 2. The second kappa shape index (κ2) is 9.77. The Morgan fingerprint density at radius 2 is 2.26 bits per heavy atom. The number of hydrogen-bond donors (Lipinski definition) is 2. The van der Waals surface area contributed by atoms with Gasteiger partial charge >= 0.3 is 0 Å². The van der Waals surface area contributed by atoms with Crippen molar-refractivity contribution >= 4 is 39.8 Å². The van der Waals surface area contributed by atoms with Gasteiger partial charge in [-0.25, -0.2) is 0 Å². The minimum absolute atomic E-state index is 0.157. The van der Waals surface area contributed by atoms with Crippen LogP contribution in [-0.2, 0) is 9.53 Å². The van der Waals surface area contributed by atoms with Crippen LogP contribution in [0.15, 0.2) is 22.5 Å². The lowest BCUT2D eigenvalue weighted by molar-refractivity contribution is -0.113. The number of thioether (sulfide) groups is 1. The lowest BCUT2D eigenvalue weighted by atomic mass is 10.2. The molecule has 27 heavy (non-hydrogen) atoms. The van der Waals surface area contributed by atoms with Gasteiger partial charge in [-0.3, -0.25) is 4.79 Å². The second-order valence-electron chi connectivity index (χ2n) is 5.79. The number of carbonyl (C=O) groups is 1. The van der Waals surface area contributed by atoms with Gasteiger partial charge in [0.15, 0.2) is 4.34 Å². The Morgan fingerprint density at radius 3 is 3.00 bits per heavy atom. The third-order valence-corrected chi connectivity index (χ3v) is 5.93. The Kier molecular flexibility index (Phi) is 7.13. The molecule has 8 nitrogen and oxygen atoms in total. The monoisotopic (exact) mass is 410 g/mol. The number of nitrogens with one attached hydrogen (secondary N) is 2. The van der Waals surface area contributed by atoms with E-state index in [9.17, 15) is 4.79 Å². The summed E-state index contributed by atoms with van der Waals surface area (Å²) < 4.78 is 16.8. The van der Waals surface area contributed by atoms with Crippen LogP contribution in [0.2, 0.25) is 0 Å². The lowest BCUT2D eigenvalue weighted by Gasteiger charge is -2.11. The average Bonchev–Trinajstić information content (AvgIpc) is 3.36. The van der Waals surface area contributed by atoms with Gasteiger partial charge in [-0.05, 0) is 25.0 Å². The highest BCUT2D eigenvalue weighted by atomic mass is 32.2. The fraction of sp³-hybridized carbons (Fsp3) is 0.471. The van der Waals surface area contributed by atoms with Gasteiger partial charge in [0, 0.05) is 19.2 Å². The predicted octanol–water partition coefficient (Wildman–Crippen LogP) is 2.88. The molecule has 1 aromatic heterocycles. The maximum Gasteiger partial charge on any atom is 0.234 e. The van der Waals surface area contributed by atoms with E-state index in [4.69, 9.17) is 14.2 Å². The third kappa shape index (κ3) is 5.72. The van der Waals surface area contributed by atoms with Crippen LogP contribution >= 0.6 is 23.1 Å². The van der Waals surface area contributed by atoms with Crippen LogP contribution in [0.25, 0.3) is 0 Å². The van der Waals surface area contributed by atoms with E-state index in [2.05, 4.69) is 20.8 Å². The average molecular weight is 411 g/mol. The SMILES string of the molecule is COc1ccc(OC)c(NC(=O)CSc2nnc(NC[C@@H]3CCCO3)s2)c1. The van der Waals surface area contributed by atoms with Gasteiger partial charge in [-0.1, -0.05) is 23.1 Å². The van der Waals surface area contributed by atoms with Gasteiger partial charge in [0.05, 0.1) is 31.8 Å². The molecule has 146 valence electrons. The van der Waals surface area contributed by atoms with Crippen molar-refractivity contribution in [3.05, 3.63) is 18.2 Å². The molecule has 0 unspecified atom stereocenters. The molecule has 0 spiro atoms. The molecule has 1 fully saturated rings. The number of amides is 1. The van der Waals surface area contributed by atoms with E-state index in [1.807, 2.05) is 0 Å². The molecule has 2 heterocycles. The maximum atomic E-state index is 12.3. The molecular formula is C17H22N4O4S2. The van der Waals surface area contributed by atoms with Crippen LogP contribution in [0.3, 0.4) is 0 Å². The Labute approximate surface area is 166 Å². The molecular weight excluding hydrogens is 388 g/mol. The molecule has 1 aliphatic rings. The van der Waals surface area contributed by atoms with Crippen molar-refractivity contribution in [2.75, 3.05) is 43.8 Å². The first-order valence-electron chi connectivity index (χ1n) is 8.51. The Bertz CT molecular complexity index is 765. The van der Waals surface area contributed by atoms with Crippen LogP contribution in [0.4, 0.5) is 10.8 Å². The van der Waals surface area contributed by atoms with Crippen LogP contribution in [0.5, 0.6) is 11.5 Å². The van der Waals surface area contributed by atoms with Crippen LogP contribution in [0, 0.1) is 0 Å². The smallest absolute Gasteiger partial charge is 0.234 e. The second-order valence-corrected chi connectivity index (χ2v) is 7.99. The van der Waals surface area contributed by atoms with Crippen LogP contribution in [0.1, 0.15) is 12.8 Å². The van der Waals surface area contributed by atoms with Gasteiger partial charge in [-0.2, -0.15) is 0 Å². The standard InChI is InChI=1S/C17H22N4O4S2/c1-23-11-5-6-14(24-2)13(8-11)19-15(22)10-26-17-21-20-16(27-17)18-9-12-4-3-7-25-12/h5-6,8,12H,3-4,7,9-10H2,1-2H3,(H,18,20)(H,19,22)/t12-/m0/s1. The summed E-state index contributed by atoms with van der Waals surface area (Å²) in [7, 11) is 3.13. The molecule has 1 aliphatic heterocycles. The highest BCUT2D eigenvalue weighted by Crippen LogP contribution is 2.30. The lowest BCUT2D eigenvalue weighted by Crippen LogP contribution is -2.18. The molecule has 10 heteroatoms. The van der Waals surface area contributed by atoms with Crippen LogP contribution < -0.4 is 20.1 Å². The van der Waals surface area contributed by atoms with Crippen LogP contribution in [-0.4, -0.2) is 55.3 Å². The Hall–Kier alpha value is -2.04. The zero-order valence-electron chi connectivity index (χ0n) is 15.2. The highest BCUT2D eigenvalue weighted by Gasteiger charge is 2.16. The van der Waals surface area contributed by atoms with Gasteiger partial charge < -0.3 is 24.8 Å². The summed E-state index contributed by atoms with van der Waals surface area (Å²) in [4.78, 5) is 12.3. The van der Waals surface area contributed by atoms with Crippen molar-refractivity contribution in [3.8, 4) is 11.5 Å². The topological polar surface area (TPSA) is 94.6 Å². The Balaban J connectivity index is 1.48.